The second-order valence-corrected chi connectivity index (χ2v) is 4.21. The molecule has 0 N–H and O–H groups in total. The summed E-state index contributed by atoms with van der Waals surface area (Å²) in [7, 11) is 0. The second kappa shape index (κ2) is 4.05. The van der Waals surface area contributed by atoms with Gasteiger partial charge in [0.05, 0.1) is 0 Å². The first kappa shape index (κ1) is 12.4. The molecule has 0 atom stereocenters. The van der Waals surface area contributed by atoms with E-state index in [-0.39, 0.29) is 8.96 Å². The van der Waals surface area contributed by atoms with Crippen LogP contribution in [0.2, 0.25) is 0 Å². The largest absolute Gasteiger partial charge is 0.310 e. The van der Waals surface area contributed by atoms with Crippen LogP contribution in [-0.2, 0) is 9.59 Å². The molecule has 0 radical (unpaired) electrons. The molecular formula is C8Br2N4O2. The van der Waals surface area contributed by atoms with Gasteiger partial charge in [0.1, 0.15) is 27.2 Å². The van der Waals surface area contributed by atoms with Crippen LogP contribution in [0.1, 0.15) is 0 Å². The maximum Gasteiger partial charge on any atom is 0.310 e. The van der Waals surface area contributed by atoms with Crippen LogP contribution >= 0.6 is 31.9 Å². The highest BCUT2D eigenvalue weighted by atomic mass is 79.9. The Bertz CT molecular complexity index is 486. The lowest BCUT2D eigenvalue weighted by Crippen LogP contribution is -2.49. The number of nitriles is 3. The summed E-state index contributed by atoms with van der Waals surface area (Å²) >= 11 is 5.64. The van der Waals surface area contributed by atoms with Gasteiger partial charge in [-0.25, -0.2) is 4.90 Å². The van der Waals surface area contributed by atoms with Crippen LogP contribution in [0.4, 0.5) is 0 Å². The van der Waals surface area contributed by atoms with E-state index in [4.69, 9.17) is 15.8 Å². The van der Waals surface area contributed by atoms with E-state index in [1.807, 2.05) is 0 Å². The van der Waals surface area contributed by atoms with Crippen molar-refractivity contribution < 1.29 is 9.59 Å². The van der Waals surface area contributed by atoms with Crippen LogP contribution in [0.5, 0.6) is 0 Å². The minimum Gasteiger partial charge on any atom is -0.268 e. The predicted octanol–water partition coefficient (Wildman–Crippen LogP) is 0.666. The van der Waals surface area contributed by atoms with Crippen molar-refractivity contribution in [3.05, 3.63) is 8.96 Å². The lowest BCUT2D eigenvalue weighted by atomic mass is 10.0. The minimum atomic E-state index is -2.44. The first-order valence-corrected chi connectivity index (χ1v) is 5.21. The van der Waals surface area contributed by atoms with Crippen molar-refractivity contribution in [2.45, 2.75) is 5.54 Å². The molecule has 0 spiro atoms. The number of amides is 2. The molecule has 0 saturated carbocycles. The summed E-state index contributed by atoms with van der Waals surface area (Å²) in [5, 5.41) is 26.3. The lowest BCUT2D eigenvalue weighted by Gasteiger charge is -2.21. The van der Waals surface area contributed by atoms with Crippen molar-refractivity contribution in [2.24, 2.45) is 0 Å². The van der Waals surface area contributed by atoms with Crippen LogP contribution in [0.25, 0.3) is 0 Å². The van der Waals surface area contributed by atoms with Crippen molar-refractivity contribution in [3.8, 4) is 18.2 Å². The number of hydrogen-bond donors (Lipinski definition) is 0. The first-order valence-electron chi connectivity index (χ1n) is 3.63. The summed E-state index contributed by atoms with van der Waals surface area (Å²) in [6.45, 7) is 0. The van der Waals surface area contributed by atoms with Crippen molar-refractivity contribution >= 4 is 43.7 Å². The maximum atomic E-state index is 11.6. The number of imide groups is 1. The molecule has 1 aliphatic rings. The molecule has 16 heavy (non-hydrogen) atoms. The summed E-state index contributed by atoms with van der Waals surface area (Å²) < 4.78 is -0.245. The summed E-state index contributed by atoms with van der Waals surface area (Å²) in [6.07, 6.45) is 0. The lowest BCUT2D eigenvalue weighted by molar-refractivity contribution is -0.139. The average molecular weight is 344 g/mol. The molecule has 0 bridgehead atoms. The molecule has 0 fully saturated rings. The normalized spacial score (nSPS) is 15.8. The Hall–Kier alpha value is -1.69. The smallest absolute Gasteiger partial charge is 0.268 e. The first-order chi connectivity index (χ1) is 7.45. The second-order valence-electron chi connectivity index (χ2n) is 2.62. The number of rotatable bonds is 1. The van der Waals surface area contributed by atoms with Crippen molar-refractivity contribution in [3.63, 3.8) is 0 Å². The zero-order valence-corrected chi connectivity index (χ0v) is 10.5. The van der Waals surface area contributed by atoms with Gasteiger partial charge in [0, 0.05) is 0 Å². The van der Waals surface area contributed by atoms with Crippen molar-refractivity contribution in [2.75, 3.05) is 0 Å². The molecule has 0 aromatic heterocycles. The molecule has 78 valence electrons. The third-order valence-electron chi connectivity index (χ3n) is 1.80. The molecule has 8 heteroatoms. The van der Waals surface area contributed by atoms with Gasteiger partial charge < -0.3 is 0 Å². The molecule has 6 nitrogen and oxygen atoms in total. The summed E-state index contributed by atoms with van der Waals surface area (Å²) in [4.78, 5) is 23.4. The zero-order valence-electron chi connectivity index (χ0n) is 7.36. The highest BCUT2D eigenvalue weighted by Gasteiger charge is 2.51. The monoisotopic (exact) mass is 342 g/mol. The third-order valence-corrected chi connectivity index (χ3v) is 3.80. The van der Waals surface area contributed by atoms with E-state index in [2.05, 4.69) is 31.9 Å². The summed E-state index contributed by atoms with van der Waals surface area (Å²) in [6, 6.07) is 4.06. The van der Waals surface area contributed by atoms with Gasteiger partial charge in [-0.1, -0.05) is 0 Å². The van der Waals surface area contributed by atoms with E-state index in [0.717, 1.165) is 0 Å². The Labute approximate surface area is 107 Å². The number of hydrogen-bond acceptors (Lipinski definition) is 5. The average Bonchev–Trinajstić information content (AvgIpc) is 2.49. The Morgan fingerprint density at radius 3 is 1.50 bits per heavy atom. The van der Waals surface area contributed by atoms with Crippen LogP contribution in [-0.4, -0.2) is 22.3 Å². The molecule has 1 heterocycles. The van der Waals surface area contributed by atoms with Crippen LogP contribution < -0.4 is 0 Å². The fourth-order valence-corrected chi connectivity index (χ4v) is 1.70. The van der Waals surface area contributed by atoms with Gasteiger partial charge in [-0.05, 0) is 31.9 Å². The van der Waals surface area contributed by atoms with Gasteiger partial charge in [0.2, 0.25) is 0 Å². The summed E-state index contributed by atoms with van der Waals surface area (Å²) in [5.74, 6) is -1.80. The molecule has 0 aromatic rings. The van der Waals surface area contributed by atoms with Crippen LogP contribution in [0.15, 0.2) is 8.96 Å². The predicted molar refractivity (Wildman–Crippen MR) is 56.3 cm³/mol. The van der Waals surface area contributed by atoms with Gasteiger partial charge in [0.25, 0.3) is 11.8 Å². The van der Waals surface area contributed by atoms with Crippen molar-refractivity contribution in [1.82, 2.24) is 4.90 Å². The number of carbonyl (C=O) groups excluding carboxylic acids is 2. The highest BCUT2D eigenvalue weighted by Crippen LogP contribution is 2.33. The third kappa shape index (κ3) is 1.42. The SMILES string of the molecule is N#CC(C#N)(C#N)N1C(=O)C(Br)=C(Br)C1=O. The Kier molecular flexibility index (Phi) is 3.14. The van der Waals surface area contributed by atoms with E-state index >= 15 is 0 Å². The number of nitrogens with zero attached hydrogens (tertiary/aromatic N) is 4. The van der Waals surface area contributed by atoms with E-state index in [9.17, 15) is 9.59 Å². The zero-order chi connectivity index (χ0) is 12.5. The van der Waals surface area contributed by atoms with E-state index in [0.29, 0.717) is 4.90 Å². The van der Waals surface area contributed by atoms with Crippen molar-refractivity contribution in [1.29, 1.82) is 15.8 Å². The molecular weight excluding hydrogens is 344 g/mol. The quantitative estimate of drug-likeness (QED) is 0.650. The summed E-state index contributed by atoms with van der Waals surface area (Å²) in [5.41, 5.74) is -2.44. The van der Waals surface area contributed by atoms with E-state index in [1.54, 1.807) is 0 Å². The molecule has 1 rings (SSSR count). The van der Waals surface area contributed by atoms with Crippen LogP contribution in [0, 0.1) is 34.0 Å². The molecule has 1 aliphatic heterocycles. The van der Waals surface area contributed by atoms with Gasteiger partial charge in [-0.15, -0.1) is 0 Å². The fraction of sp³-hybridized carbons (Fsp3) is 0.125. The van der Waals surface area contributed by atoms with Gasteiger partial charge >= 0.3 is 5.54 Å². The van der Waals surface area contributed by atoms with Gasteiger partial charge in [-0.3, -0.25) is 9.59 Å². The topological polar surface area (TPSA) is 109 Å². The van der Waals surface area contributed by atoms with Crippen LogP contribution in [0.3, 0.4) is 0 Å². The molecule has 0 aromatic carbocycles. The Morgan fingerprint density at radius 1 is 0.938 bits per heavy atom. The number of carbonyl (C=O) groups is 2. The minimum absolute atomic E-state index is 0.123. The standard InChI is InChI=1S/C8Br2N4O2/c9-4-5(10)7(16)14(6(4)15)8(1-11,2-12)3-13. The molecule has 2 amide bonds. The fourth-order valence-electron chi connectivity index (χ4n) is 1.01. The van der Waals surface area contributed by atoms with Gasteiger partial charge in [0.15, 0.2) is 0 Å². The molecule has 0 aliphatic carbocycles. The van der Waals surface area contributed by atoms with E-state index < -0.39 is 17.4 Å². The Morgan fingerprint density at radius 2 is 1.25 bits per heavy atom. The Balaban J connectivity index is 3.39. The molecule has 0 unspecified atom stereocenters. The number of halogens is 2. The maximum absolute atomic E-state index is 11.6. The molecule has 0 saturated heterocycles. The highest BCUT2D eigenvalue weighted by molar-refractivity contribution is 9.14. The van der Waals surface area contributed by atoms with E-state index in [1.165, 1.54) is 18.2 Å². The van der Waals surface area contributed by atoms with Gasteiger partial charge in [-0.2, -0.15) is 15.8 Å².